The summed E-state index contributed by atoms with van der Waals surface area (Å²) in [5, 5.41) is 10.9. The highest BCUT2D eigenvalue weighted by atomic mass is 16.5. The molecule has 0 fully saturated rings. The molecule has 0 spiro atoms. The topological polar surface area (TPSA) is 71.4 Å². The molecule has 0 aliphatic heterocycles. The molecule has 0 unspecified atom stereocenters. The van der Waals surface area contributed by atoms with Crippen molar-refractivity contribution in [2.45, 2.75) is 12.8 Å². The minimum absolute atomic E-state index is 0.0571. The van der Waals surface area contributed by atoms with E-state index in [1.165, 1.54) is 7.11 Å². The summed E-state index contributed by atoms with van der Waals surface area (Å²) in [5.41, 5.74) is 4.13. The van der Waals surface area contributed by atoms with Crippen molar-refractivity contribution < 1.29 is 19.4 Å². The van der Waals surface area contributed by atoms with Crippen molar-refractivity contribution in [3.63, 3.8) is 0 Å². The van der Waals surface area contributed by atoms with E-state index in [0.717, 1.165) is 22.6 Å². The van der Waals surface area contributed by atoms with E-state index in [1.807, 2.05) is 59.2 Å². The van der Waals surface area contributed by atoms with E-state index in [2.05, 4.69) is 0 Å². The fourth-order valence-corrected chi connectivity index (χ4v) is 2.91. The smallest absolute Gasteiger partial charge is 0.337 e. The van der Waals surface area contributed by atoms with Crippen LogP contribution in [0.2, 0.25) is 0 Å². The largest absolute Gasteiger partial charge is 0.550 e. The summed E-state index contributed by atoms with van der Waals surface area (Å²) >= 11 is 0. The lowest BCUT2D eigenvalue weighted by Crippen LogP contribution is -2.22. The number of aliphatic carboxylic acids is 1. The van der Waals surface area contributed by atoms with E-state index < -0.39 is 11.9 Å². The molecule has 0 atom stereocenters. The molecule has 132 valence electrons. The Morgan fingerprint density at radius 2 is 1.65 bits per heavy atom. The number of hydrogen-bond acceptors (Lipinski definition) is 4. The number of nitrogens with zero attached hydrogens (tertiary/aromatic N) is 1. The lowest BCUT2D eigenvalue weighted by Gasteiger charge is -2.15. The van der Waals surface area contributed by atoms with Crippen molar-refractivity contribution >= 4 is 11.9 Å². The number of carbonyl (C=O) groups excluding carboxylic acids is 2. The number of benzene rings is 2. The Labute approximate surface area is 151 Å². The predicted molar refractivity (Wildman–Crippen MR) is 95.9 cm³/mol. The number of carboxylic acids is 1. The van der Waals surface area contributed by atoms with Crippen LogP contribution in [0.15, 0.2) is 66.7 Å². The zero-order valence-electron chi connectivity index (χ0n) is 14.3. The number of aryl methyl sites for hydroxylation is 1. The number of rotatable bonds is 6. The number of carbonyl (C=O) groups is 2. The first kappa shape index (κ1) is 17.5. The Morgan fingerprint density at radius 3 is 2.27 bits per heavy atom. The highest BCUT2D eigenvalue weighted by Gasteiger charge is 2.13. The van der Waals surface area contributed by atoms with E-state index in [-0.39, 0.29) is 6.42 Å². The van der Waals surface area contributed by atoms with E-state index >= 15 is 0 Å². The van der Waals surface area contributed by atoms with Crippen LogP contribution in [0.3, 0.4) is 0 Å². The van der Waals surface area contributed by atoms with E-state index in [0.29, 0.717) is 12.0 Å². The third kappa shape index (κ3) is 3.67. The third-order valence-corrected chi connectivity index (χ3v) is 4.16. The number of aromatic nitrogens is 1. The van der Waals surface area contributed by atoms with Crippen molar-refractivity contribution in [3.05, 3.63) is 78.0 Å². The summed E-state index contributed by atoms with van der Waals surface area (Å²) in [7, 11) is 1.34. The van der Waals surface area contributed by atoms with Crippen LogP contribution in [0.5, 0.6) is 0 Å². The lowest BCUT2D eigenvalue weighted by molar-refractivity contribution is -0.305. The SMILES string of the molecule is COC(=O)c1ccc(-n2c(CCC(=O)[O-])ccc2-c2ccccc2)cc1. The number of hydrogen-bond donors (Lipinski definition) is 0. The van der Waals surface area contributed by atoms with Crippen LogP contribution in [0.25, 0.3) is 16.9 Å². The van der Waals surface area contributed by atoms with Crippen LogP contribution in [-0.4, -0.2) is 23.6 Å². The molecule has 2 aromatic carbocycles. The first-order valence-corrected chi connectivity index (χ1v) is 8.25. The molecule has 0 amide bonds. The molecule has 1 aromatic heterocycles. The van der Waals surface area contributed by atoms with Crippen LogP contribution in [0, 0.1) is 0 Å². The Hall–Kier alpha value is -3.34. The molecule has 0 aliphatic rings. The zero-order valence-corrected chi connectivity index (χ0v) is 14.3. The molecule has 0 bridgehead atoms. The van der Waals surface area contributed by atoms with Gasteiger partial charge in [-0.05, 0) is 54.8 Å². The summed E-state index contributed by atoms with van der Waals surface area (Å²) in [6, 6.07) is 20.8. The average molecular weight is 348 g/mol. The van der Waals surface area contributed by atoms with Gasteiger partial charge in [-0.25, -0.2) is 4.79 Å². The standard InChI is InChI=1S/C21H19NO4/c1-26-21(25)16-7-9-17(10-8-16)22-18(12-14-20(23)24)11-13-19(22)15-5-3-2-4-6-15/h2-11,13H,12,14H2,1H3,(H,23,24)/p-1. The van der Waals surface area contributed by atoms with Crippen LogP contribution < -0.4 is 5.11 Å². The molecule has 0 saturated heterocycles. The summed E-state index contributed by atoms with van der Waals surface area (Å²) in [6.07, 6.45) is 0.298. The average Bonchev–Trinajstić information content (AvgIpc) is 3.10. The molecule has 26 heavy (non-hydrogen) atoms. The van der Waals surface area contributed by atoms with Gasteiger partial charge in [-0.1, -0.05) is 30.3 Å². The third-order valence-electron chi connectivity index (χ3n) is 4.16. The van der Waals surface area contributed by atoms with Gasteiger partial charge in [0, 0.05) is 17.4 Å². The van der Waals surface area contributed by atoms with Gasteiger partial charge in [0.1, 0.15) is 0 Å². The Kier molecular flexibility index (Phi) is 5.17. The maximum atomic E-state index is 11.6. The van der Waals surface area contributed by atoms with Crippen LogP contribution >= 0.6 is 0 Å². The van der Waals surface area contributed by atoms with Crippen molar-refractivity contribution in [1.82, 2.24) is 4.57 Å². The highest BCUT2D eigenvalue weighted by Crippen LogP contribution is 2.27. The fraction of sp³-hybridized carbons (Fsp3) is 0.143. The molecule has 0 saturated carbocycles. The number of methoxy groups -OCH3 is 1. The van der Waals surface area contributed by atoms with Gasteiger partial charge < -0.3 is 19.2 Å². The molecular weight excluding hydrogens is 330 g/mol. The van der Waals surface area contributed by atoms with Gasteiger partial charge in [-0.3, -0.25) is 0 Å². The lowest BCUT2D eigenvalue weighted by atomic mass is 10.1. The summed E-state index contributed by atoms with van der Waals surface area (Å²) < 4.78 is 6.73. The Bertz CT molecular complexity index is 911. The molecule has 1 heterocycles. The van der Waals surface area contributed by atoms with Gasteiger partial charge in [-0.2, -0.15) is 0 Å². The second-order valence-electron chi connectivity index (χ2n) is 5.82. The van der Waals surface area contributed by atoms with Gasteiger partial charge in [0.25, 0.3) is 0 Å². The zero-order chi connectivity index (χ0) is 18.5. The number of ether oxygens (including phenoxy) is 1. The number of esters is 1. The highest BCUT2D eigenvalue weighted by molar-refractivity contribution is 5.89. The summed E-state index contributed by atoms with van der Waals surface area (Å²) in [6.45, 7) is 0. The minimum Gasteiger partial charge on any atom is -0.550 e. The fourth-order valence-electron chi connectivity index (χ4n) is 2.91. The summed E-state index contributed by atoms with van der Waals surface area (Å²) in [5.74, 6) is -1.48. The van der Waals surface area contributed by atoms with Gasteiger partial charge in [0.2, 0.25) is 0 Å². The maximum Gasteiger partial charge on any atom is 0.337 e. The van der Waals surface area contributed by atoms with Crippen LogP contribution in [0.4, 0.5) is 0 Å². The number of carboxylic acid groups (broad SMARTS) is 1. The van der Waals surface area contributed by atoms with Crippen molar-refractivity contribution in [2.75, 3.05) is 7.11 Å². The van der Waals surface area contributed by atoms with E-state index in [9.17, 15) is 14.7 Å². The molecule has 5 heteroatoms. The molecular formula is C21H18NO4-. The van der Waals surface area contributed by atoms with Crippen molar-refractivity contribution in [2.24, 2.45) is 0 Å². The molecule has 0 radical (unpaired) electrons. The summed E-state index contributed by atoms with van der Waals surface area (Å²) in [4.78, 5) is 22.5. The van der Waals surface area contributed by atoms with Crippen LogP contribution in [0.1, 0.15) is 22.5 Å². The second-order valence-corrected chi connectivity index (χ2v) is 5.82. The minimum atomic E-state index is -1.08. The Balaban J connectivity index is 2.06. The van der Waals surface area contributed by atoms with Crippen LogP contribution in [-0.2, 0) is 16.0 Å². The monoisotopic (exact) mass is 348 g/mol. The molecule has 3 aromatic rings. The molecule has 0 aliphatic carbocycles. The van der Waals surface area contributed by atoms with Gasteiger partial charge >= 0.3 is 5.97 Å². The normalized spacial score (nSPS) is 10.5. The molecule has 3 rings (SSSR count). The first-order valence-electron chi connectivity index (χ1n) is 8.25. The molecule has 5 nitrogen and oxygen atoms in total. The van der Waals surface area contributed by atoms with E-state index in [4.69, 9.17) is 4.74 Å². The Morgan fingerprint density at radius 1 is 0.962 bits per heavy atom. The quantitative estimate of drug-likeness (QED) is 0.642. The maximum absolute atomic E-state index is 11.6. The second kappa shape index (κ2) is 7.70. The van der Waals surface area contributed by atoms with Gasteiger partial charge in [0.05, 0.1) is 18.4 Å². The van der Waals surface area contributed by atoms with E-state index in [1.54, 1.807) is 12.1 Å². The molecule has 0 N–H and O–H groups in total. The predicted octanol–water partition coefficient (Wildman–Crippen LogP) is 2.61. The first-order chi connectivity index (χ1) is 12.6. The van der Waals surface area contributed by atoms with Gasteiger partial charge in [-0.15, -0.1) is 0 Å². The van der Waals surface area contributed by atoms with Crippen molar-refractivity contribution in [1.29, 1.82) is 0 Å². The van der Waals surface area contributed by atoms with Crippen molar-refractivity contribution in [3.8, 4) is 16.9 Å². The van der Waals surface area contributed by atoms with Gasteiger partial charge in [0.15, 0.2) is 0 Å².